The van der Waals surface area contributed by atoms with Crippen LogP contribution in [0.4, 0.5) is 11.4 Å². The summed E-state index contributed by atoms with van der Waals surface area (Å²) in [5, 5.41) is 9.49. The van der Waals surface area contributed by atoms with Gasteiger partial charge in [-0.25, -0.2) is 0 Å². The minimum atomic E-state index is -0.250. The van der Waals surface area contributed by atoms with Crippen molar-refractivity contribution in [1.29, 1.82) is 0 Å². The number of hydrogen-bond donors (Lipinski definition) is 2. The summed E-state index contributed by atoms with van der Waals surface area (Å²) in [5.74, 6) is -0.306. The van der Waals surface area contributed by atoms with E-state index >= 15 is 0 Å². The Morgan fingerprint density at radius 3 is 2.58 bits per heavy atom. The van der Waals surface area contributed by atoms with Crippen molar-refractivity contribution in [2.45, 2.75) is 0 Å². The van der Waals surface area contributed by atoms with E-state index in [0.717, 1.165) is 0 Å². The van der Waals surface area contributed by atoms with Crippen molar-refractivity contribution in [2.75, 3.05) is 17.7 Å². The van der Waals surface area contributed by atoms with E-state index in [4.69, 9.17) is 17.3 Å². The van der Waals surface area contributed by atoms with Crippen LogP contribution in [0.5, 0.6) is 5.75 Å². The predicted octanol–water partition coefficient (Wildman–Crippen LogP) is 2.90. The number of nitrogen functional groups attached to an aromatic ring is 1. The van der Waals surface area contributed by atoms with Gasteiger partial charge in [0.15, 0.2) is 0 Å². The van der Waals surface area contributed by atoms with E-state index in [-0.39, 0.29) is 16.7 Å². The Balaban J connectivity index is 2.34. The second-order valence-electron chi connectivity index (χ2n) is 4.09. The first-order valence-electron chi connectivity index (χ1n) is 5.62. The van der Waals surface area contributed by atoms with Gasteiger partial charge >= 0.3 is 0 Å². The number of carbonyl (C=O) groups excluding carboxylic acids is 1. The van der Waals surface area contributed by atoms with Gasteiger partial charge < -0.3 is 15.7 Å². The molecule has 98 valence electrons. The average molecular weight is 277 g/mol. The third-order valence-electron chi connectivity index (χ3n) is 2.80. The van der Waals surface area contributed by atoms with Crippen molar-refractivity contribution in [1.82, 2.24) is 0 Å². The molecule has 0 aliphatic heterocycles. The first-order chi connectivity index (χ1) is 9.00. The van der Waals surface area contributed by atoms with Crippen molar-refractivity contribution in [3.63, 3.8) is 0 Å². The number of benzene rings is 2. The van der Waals surface area contributed by atoms with E-state index in [0.29, 0.717) is 16.9 Å². The molecule has 5 heteroatoms. The Morgan fingerprint density at radius 1 is 1.26 bits per heavy atom. The molecule has 0 aromatic heterocycles. The highest BCUT2D eigenvalue weighted by Gasteiger charge is 2.16. The van der Waals surface area contributed by atoms with Crippen LogP contribution in [-0.2, 0) is 0 Å². The van der Waals surface area contributed by atoms with Crippen molar-refractivity contribution >= 4 is 28.9 Å². The lowest BCUT2D eigenvalue weighted by Crippen LogP contribution is -2.26. The zero-order valence-electron chi connectivity index (χ0n) is 10.3. The van der Waals surface area contributed by atoms with E-state index < -0.39 is 0 Å². The number of phenols is 1. The molecule has 0 bridgehead atoms. The Morgan fingerprint density at radius 2 is 1.95 bits per heavy atom. The number of anilines is 2. The molecule has 0 spiro atoms. The van der Waals surface area contributed by atoms with Crippen LogP contribution < -0.4 is 10.6 Å². The summed E-state index contributed by atoms with van der Waals surface area (Å²) < 4.78 is 0. The number of amides is 1. The molecule has 19 heavy (non-hydrogen) atoms. The lowest BCUT2D eigenvalue weighted by atomic mass is 10.1. The molecule has 2 rings (SSSR count). The Kier molecular flexibility index (Phi) is 3.62. The van der Waals surface area contributed by atoms with E-state index in [9.17, 15) is 9.90 Å². The standard InChI is InChI=1S/C14H13ClN2O2/c1-17(12-5-3-2-4-11(12)16)14(19)9-6-7-13(18)10(15)8-9/h2-8,18H,16H2,1H3. The summed E-state index contributed by atoms with van der Waals surface area (Å²) >= 11 is 5.79. The van der Waals surface area contributed by atoms with Crippen LogP contribution in [0.2, 0.25) is 5.02 Å². The smallest absolute Gasteiger partial charge is 0.258 e. The lowest BCUT2D eigenvalue weighted by Gasteiger charge is -2.19. The molecule has 2 aromatic rings. The molecule has 4 nitrogen and oxygen atoms in total. The highest BCUT2D eigenvalue weighted by molar-refractivity contribution is 6.32. The monoisotopic (exact) mass is 276 g/mol. The number of para-hydroxylation sites is 2. The number of nitrogens with two attached hydrogens (primary N) is 1. The predicted molar refractivity (Wildman–Crippen MR) is 76.7 cm³/mol. The van der Waals surface area contributed by atoms with Crippen LogP contribution in [0.15, 0.2) is 42.5 Å². The summed E-state index contributed by atoms with van der Waals surface area (Å²) in [6.07, 6.45) is 0. The zero-order valence-corrected chi connectivity index (χ0v) is 11.1. The number of rotatable bonds is 2. The molecular weight excluding hydrogens is 264 g/mol. The van der Waals surface area contributed by atoms with Gasteiger partial charge in [0.1, 0.15) is 5.75 Å². The van der Waals surface area contributed by atoms with Gasteiger partial charge in [0, 0.05) is 12.6 Å². The lowest BCUT2D eigenvalue weighted by molar-refractivity contribution is 0.0993. The maximum Gasteiger partial charge on any atom is 0.258 e. The minimum Gasteiger partial charge on any atom is -0.506 e. The Bertz CT molecular complexity index is 629. The van der Waals surface area contributed by atoms with Crippen LogP contribution in [0.1, 0.15) is 10.4 Å². The fourth-order valence-corrected chi connectivity index (χ4v) is 1.92. The first kappa shape index (κ1) is 13.2. The van der Waals surface area contributed by atoms with E-state index in [1.807, 2.05) is 0 Å². The summed E-state index contributed by atoms with van der Waals surface area (Å²) in [4.78, 5) is 13.7. The third kappa shape index (κ3) is 2.63. The van der Waals surface area contributed by atoms with Crippen LogP contribution in [0, 0.1) is 0 Å². The normalized spacial score (nSPS) is 10.2. The molecule has 3 N–H and O–H groups in total. The number of halogens is 1. The molecule has 2 aromatic carbocycles. The van der Waals surface area contributed by atoms with Gasteiger partial charge in [0.25, 0.3) is 5.91 Å². The summed E-state index contributed by atoms with van der Waals surface area (Å²) in [5.41, 5.74) is 7.35. The van der Waals surface area contributed by atoms with Gasteiger partial charge in [-0.3, -0.25) is 4.79 Å². The second kappa shape index (κ2) is 5.20. The number of phenolic OH excluding ortho intramolecular Hbond substituents is 1. The van der Waals surface area contributed by atoms with E-state index in [1.165, 1.54) is 23.1 Å². The van der Waals surface area contributed by atoms with Crippen LogP contribution in [0.25, 0.3) is 0 Å². The van der Waals surface area contributed by atoms with Gasteiger partial charge in [-0.1, -0.05) is 23.7 Å². The van der Waals surface area contributed by atoms with Crippen molar-refractivity contribution < 1.29 is 9.90 Å². The fourth-order valence-electron chi connectivity index (χ4n) is 1.74. The first-order valence-corrected chi connectivity index (χ1v) is 5.99. The van der Waals surface area contributed by atoms with Crippen LogP contribution >= 0.6 is 11.6 Å². The topological polar surface area (TPSA) is 66.6 Å². The molecular formula is C14H13ClN2O2. The maximum absolute atomic E-state index is 12.3. The molecule has 0 heterocycles. The molecule has 0 atom stereocenters. The van der Waals surface area contributed by atoms with Crippen LogP contribution in [0.3, 0.4) is 0 Å². The van der Waals surface area contributed by atoms with Gasteiger partial charge in [0.05, 0.1) is 16.4 Å². The quantitative estimate of drug-likeness (QED) is 0.829. The fraction of sp³-hybridized carbons (Fsp3) is 0.0714. The van der Waals surface area contributed by atoms with E-state index in [1.54, 1.807) is 31.3 Å². The number of carbonyl (C=O) groups is 1. The number of aromatic hydroxyl groups is 1. The van der Waals surface area contributed by atoms with Gasteiger partial charge in [-0.05, 0) is 30.3 Å². The highest BCUT2D eigenvalue weighted by atomic mass is 35.5. The average Bonchev–Trinajstić information content (AvgIpc) is 2.41. The van der Waals surface area contributed by atoms with Crippen LogP contribution in [-0.4, -0.2) is 18.1 Å². The minimum absolute atomic E-state index is 0.0555. The molecule has 0 saturated heterocycles. The van der Waals surface area contributed by atoms with E-state index in [2.05, 4.69) is 0 Å². The summed E-state index contributed by atoms with van der Waals surface area (Å²) in [7, 11) is 1.63. The Hall–Kier alpha value is -2.20. The van der Waals surface area contributed by atoms with Gasteiger partial charge in [-0.15, -0.1) is 0 Å². The molecule has 1 amide bonds. The molecule has 0 aliphatic rings. The second-order valence-corrected chi connectivity index (χ2v) is 4.50. The van der Waals surface area contributed by atoms with Crippen molar-refractivity contribution in [3.05, 3.63) is 53.1 Å². The molecule has 0 radical (unpaired) electrons. The van der Waals surface area contributed by atoms with Crippen molar-refractivity contribution in [3.8, 4) is 5.75 Å². The largest absolute Gasteiger partial charge is 0.506 e. The summed E-state index contributed by atoms with van der Waals surface area (Å²) in [6.45, 7) is 0. The molecule has 0 unspecified atom stereocenters. The SMILES string of the molecule is CN(C(=O)c1ccc(O)c(Cl)c1)c1ccccc1N. The maximum atomic E-state index is 12.3. The molecule has 0 aliphatic carbocycles. The number of hydrogen-bond acceptors (Lipinski definition) is 3. The number of nitrogens with zero attached hydrogens (tertiary/aromatic N) is 1. The van der Waals surface area contributed by atoms with Gasteiger partial charge in [0.2, 0.25) is 0 Å². The Labute approximate surface area is 116 Å². The summed E-state index contributed by atoms with van der Waals surface area (Å²) in [6, 6.07) is 11.4. The third-order valence-corrected chi connectivity index (χ3v) is 3.10. The van der Waals surface area contributed by atoms with Crippen molar-refractivity contribution in [2.24, 2.45) is 0 Å². The highest BCUT2D eigenvalue weighted by Crippen LogP contribution is 2.26. The molecule has 0 fully saturated rings. The molecule has 0 saturated carbocycles. The van der Waals surface area contributed by atoms with Gasteiger partial charge in [-0.2, -0.15) is 0 Å². The zero-order chi connectivity index (χ0) is 14.0.